The second kappa shape index (κ2) is 8.35. The number of hydrogen-bond donors (Lipinski definition) is 1. The smallest absolute Gasteiger partial charge is 0.00741 e. The molecule has 0 radical (unpaired) electrons. The summed E-state index contributed by atoms with van der Waals surface area (Å²) < 4.78 is 0. The summed E-state index contributed by atoms with van der Waals surface area (Å²) in [6.45, 7) is 3.05. The van der Waals surface area contributed by atoms with E-state index >= 15 is 0 Å². The van der Waals surface area contributed by atoms with Crippen molar-refractivity contribution in [1.29, 1.82) is 0 Å². The lowest BCUT2D eigenvalue weighted by atomic mass is 10.0. The van der Waals surface area contributed by atoms with E-state index in [4.69, 9.17) is 5.73 Å². The van der Waals surface area contributed by atoms with Crippen LogP contribution in [0.15, 0.2) is 24.3 Å². The van der Waals surface area contributed by atoms with Gasteiger partial charge in [-0.1, -0.05) is 50.5 Å². The minimum absolute atomic E-state index is 0.790. The van der Waals surface area contributed by atoms with Gasteiger partial charge in [-0.05, 0) is 43.4 Å². The first kappa shape index (κ1) is 13.2. The highest BCUT2D eigenvalue weighted by molar-refractivity contribution is 5.22. The third kappa shape index (κ3) is 5.32. The third-order valence-electron chi connectivity index (χ3n) is 3.01. The Morgan fingerprint density at radius 2 is 1.38 bits per heavy atom. The molecule has 90 valence electrons. The summed E-state index contributed by atoms with van der Waals surface area (Å²) >= 11 is 0. The van der Waals surface area contributed by atoms with E-state index in [1.54, 1.807) is 0 Å². The molecular weight excluding hydrogens is 194 g/mol. The first-order valence-corrected chi connectivity index (χ1v) is 6.64. The average Bonchev–Trinajstić information content (AvgIpc) is 2.33. The fourth-order valence-corrected chi connectivity index (χ4v) is 1.93. The maximum absolute atomic E-state index is 5.50. The van der Waals surface area contributed by atoms with Crippen molar-refractivity contribution in [1.82, 2.24) is 0 Å². The van der Waals surface area contributed by atoms with Crippen LogP contribution >= 0.6 is 0 Å². The number of benzene rings is 1. The zero-order chi connectivity index (χ0) is 11.6. The van der Waals surface area contributed by atoms with E-state index in [0.29, 0.717) is 0 Å². The van der Waals surface area contributed by atoms with Crippen molar-refractivity contribution < 1.29 is 0 Å². The SMILES string of the molecule is CCCCCCc1ccc(CCCN)cc1. The number of rotatable bonds is 8. The highest BCUT2D eigenvalue weighted by Gasteiger charge is 1.95. The molecule has 1 aromatic carbocycles. The van der Waals surface area contributed by atoms with Crippen molar-refractivity contribution in [2.24, 2.45) is 5.73 Å². The van der Waals surface area contributed by atoms with Gasteiger partial charge in [-0.2, -0.15) is 0 Å². The summed E-state index contributed by atoms with van der Waals surface area (Å²) in [5.74, 6) is 0. The van der Waals surface area contributed by atoms with E-state index in [-0.39, 0.29) is 0 Å². The summed E-state index contributed by atoms with van der Waals surface area (Å²) in [6, 6.07) is 9.06. The Labute approximate surface area is 100 Å². The Hall–Kier alpha value is -0.820. The summed E-state index contributed by atoms with van der Waals surface area (Å²) in [6.07, 6.45) is 8.83. The second-order valence-corrected chi connectivity index (χ2v) is 4.52. The molecule has 0 saturated heterocycles. The summed E-state index contributed by atoms with van der Waals surface area (Å²) in [5.41, 5.74) is 8.40. The van der Waals surface area contributed by atoms with Gasteiger partial charge in [0, 0.05) is 0 Å². The Bertz CT molecular complexity index is 263. The molecule has 1 nitrogen and oxygen atoms in total. The number of hydrogen-bond acceptors (Lipinski definition) is 1. The third-order valence-corrected chi connectivity index (χ3v) is 3.01. The lowest BCUT2D eigenvalue weighted by molar-refractivity contribution is 0.666. The maximum Gasteiger partial charge on any atom is -0.00741 e. The molecule has 0 amide bonds. The molecule has 0 heterocycles. The quantitative estimate of drug-likeness (QED) is 0.663. The molecule has 16 heavy (non-hydrogen) atoms. The van der Waals surface area contributed by atoms with Crippen LogP contribution in [0.2, 0.25) is 0 Å². The fourth-order valence-electron chi connectivity index (χ4n) is 1.93. The van der Waals surface area contributed by atoms with Crippen LogP contribution in [-0.4, -0.2) is 6.54 Å². The van der Waals surface area contributed by atoms with E-state index in [1.807, 2.05) is 0 Å². The Kier molecular flexibility index (Phi) is 6.91. The largest absolute Gasteiger partial charge is 0.330 e. The standard InChI is InChI=1S/C15H25N/c1-2-3-4-5-7-14-9-11-15(12-10-14)8-6-13-16/h9-12H,2-8,13,16H2,1H3. The van der Waals surface area contributed by atoms with E-state index < -0.39 is 0 Å². The topological polar surface area (TPSA) is 26.0 Å². The van der Waals surface area contributed by atoms with Crippen LogP contribution in [0.1, 0.15) is 50.2 Å². The molecule has 0 aliphatic rings. The molecule has 0 fully saturated rings. The van der Waals surface area contributed by atoms with Gasteiger partial charge in [0.1, 0.15) is 0 Å². The molecule has 0 atom stereocenters. The van der Waals surface area contributed by atoms with Crippen molar-refractivity contribution in [2.75, 3.05) is 6.54 Å². The first-order valence-electron chi connectivity index (χ1n) is 6.64. The average molecular weight is 219 g/mol. The van der Waals surface area contributed by atoms with Crippen LogP contribution in [0.5, 0.6) is 0 Å². The van der Waals surface area contributed by atoms with Gasteiger partial charge in [0.2, 0.25) is 0 Å². The molecule has 1 aromatic rings. The van der Waals surface area contributed by atoms with Gasteiger partial charge in [0.25, 0.3) is 0 Å². The first-order chi connectivity index (χ1) is 7.86. The van der Waals surface area contributed by atoms with Gasteiger partial charge in [-0.15, -0.1) is 0 Å². The Morgan fingerprint density at radius 1 is 0.812 bits per heavy atom. The van der Waals surface area contributed by atoms with Crippen molar-refractivity contribution in [3.05, 3.63) is 35.4 Å². The molecule has 0 unspecified atom stereocenters. The summed E-state index contributed by atoms with van der Waals surface area (Å²) in [4.78, 5) is 0. The molecule has 0 aliphatic carbocycles. The highest BCUT2D eigenvalue weighted by atomic mass is 14.5. The van der Waals surface area contributed by atoms with Gasteiger partial charge in [-0.3, -0.25) is 0 Å². The zero-order valence-corrected chi connectivity index (χ0v) is 10.5. The Morgan fingerprint density at radius 3 is 1.88 bits per heavy atom. The number of unbranched alkanes of at least 4 members (excludes halogenated alkanes) is 3. The summed E-state index contributed by atoms with van der Waals surface area (Å²) in [7, 11) is 0. The molecular formula is C15H25N. The molecule has 1 heteroatoms. The van der Waals surface area contributed by atoms with Crippen molar-refractivity contribution in [2.45, 2.75) is 51.9 Å². The van der Waals surface area contributed by atoms with Crippen LogP contribution in [0, 0.1) is 0 Å². The van der Waals surface area contributed by atoms with Gasteiger partial charge < -0.3 is 5.73 Å². The van der Waals surface area contributed by atoms with Crippen LogP contribution in [-0.2, 0) is 12.8 Å². The lowest BCUT2D eigenvalue weighted by Crippen LogP contribution is -2.00. The number of nitrogens with two attached hydrogens (primary N) is 1. The predicted molar refractivity (Wildman–Crippen MR) is 71.7 cm³/mol. The van der Waals surface area contributed by atoms with Crippen LogP contribution in [0.3, 0.4) is 0 Å². The monoisotopic (exact) mass is 219 g/mol. The molecule has 0 spiro atoms. The molecule has 1 rings (SSSR count). The predicted octanol–water partition coefficient (Wildman–Crippen LogP) is 3.70. The van der Waals surface area contributed by atoms with E-state index in [2.05, 4.69) is 31.2 Å². The van der Waals surface area contributed by atoms with Gasteiger partial charge in [0.15, 0.2) is 0 Å². The van der Waals surface area contributed by atoms with Crippen molar-refractivity contribution in [3.8, 4) is 0 Å². The van der Waals surface area contributed by atoms with E-state index in [0.717, 1.165) is 19.4 Å². The minimum Gasteiger partial charge on any atom is -0.330 e. The van der Waals surface area contributed by atoms with Gasteiger partial charge in [0.05, 0.1) is 0 Å². The molecule has 2 N–H and O–H groups in total. The van der Waals surface area contributed by atoms with Crippen molar-refractivity contribution >= 4 is 0 Å². The fraction of sp³-hybridized carbons (Fsp3) is 0.600. The normalized spacial score (nSPS) is 10.6. The van der Waals surface area contributed by atoms with E-state index in [1.165, 1.54) is 43.2 Å². The van der Waals surface area contributed by atoms with Gasteiger partial charge in [-0.25, -0.2) is 0 Å². The van der Waals surface area contributed by atoms with Crippen LogP contribution in [0.25, 0.3) is 0 Å². The molecule has 0 aromatic heterocycles. The summed E-state index contributed by atoms with van der Waals surface area (Å²) in [5, 5.41) is 0. The zero-order valence-electron chi connectivity index (χ0n) is 10.5. The van der Waals surface area contributed by atoms with Crippen molar-refractivity contribution in [3.63, 3.8) is 0 Å². The minimum atomic E-state index is 0.790. The van der Waals surface area contributed by atoms with Crippen LogP contribution in [0.4, 0.5) is 0 Å². The molecule has 0 bridgehead atoms. The van der Waals surface area contributed by atoms with Gasteiger partial charge >= 0.3 is 0 Å². The maximum atomic E-state index is 5.50. The van der Waals surface area contributed by atoms with E-state index in [9.17, 15) is 0 Å². The molecule has 0 saturated carbocycles. The number of aryl methyl sites for hydroxylation is 2. The Balaban J connectivity index is 2.27. The highest BCUT2D eigenvalue weighted by Crippen LogP contribution is 2.10. The van der Waals surface area contributed by atoms with Crippen LogP contribution < -0.4 is 5.73 Å². The lowest BCUT2D eigenvalue weighted by Gasteiger charge is -2.03. The molecule has 0 aliphatic heterocycles. The second-order valence-electron chi connectivity index (χ2n) is 4.52.